The molecule has 0 bridgehead atoms. The minimum atomic E-state index is -3.11. The van der Waals surface area contributed by atoms with E-state index < -0.39 is 10.0 Å². The normalized spacial score (nSPS) is 28.7. The van der Waals surface area contributed by atoms with E-state index in [0.717, 1.165) is 32.5 Å². The van der Waals surface area contributed by atoms with Crippen LogP contribution in [0.1, 0.15) is 12.8 Å². The van der Waals surface area contributed by atoms with Crippen molar-refractivity contribution in [3.63, 3.8) is 0 Å². The second-order valence-electron chi connectivity index (χ2n) is 4.34. The lowest BCUT2D eigenvalue weighted by Gasteiger charge is -2.28. The molecule has 5 nitrogen and oxygen atoms in total. The van der Waals surface area contributed by atoms with Crippen LogP contribution >= 0.6 is 0 Å². The zero-order valence-electron chi connectivity index (χ0n) is 8.74. The molecule has 2 aliphatic rings. The second-order valence-corrected chi connectivity index (χ2v) is 6.14. The molecule has 2 rings (SSSR count). The Morgan fingerprint density at radius 2 is 2.20 bits per heavy atom. The largest absolute Gasteiger partial charge is 0.380 e. The summed E-state index contributed by atoms with van der Waals surface area (Å²) in [6.45, 7) is 2.91. The molecule has 0 aromatic heterocycles. The molecule has 15 heavy (non-hydrogen) atoms. The summed E-state index contributed by atoms with van der Waals surface area (Å²) in [5.41, 5.74) is 0. The van der Waals surface area contributed by atoms with E-state index in [1.165, 1.54) is 0 Å². The number of ether oxygens (including phenoxy) is 1. The lowest BCUT2D eigenvalue weighted by Crippen LogP contribution is -2.49. The monoisotopic (exact) mass is 234 g/mol. The number of rotatable bonds is 4. The topological polar surface area (TPSA) is 67.4 Å². The summed E-state index contributed by atoms with van der Waals surface area (Å²) in [5.74, 6) is 0.531. The molecule has 88 valence electrons. The summed E-state index contributed by atoms with van der Waals surface area (Å²) in [4.78, 5) is 0. The lowest BCUT2D eigenvalue weighted by molar-refractivity contribution is 0.0773. The third-order valence-corrected chi connectivity index (χ3v) is 4.43. The third-order valence-electron chi connectivity index (χ3n) is 2.83. The molecule has 0 aromatic carbocycles. The van der Waals surface area contributed by atoms with Crippen LogP contribution in [0.15, 0.2) is 0 Å². The molecule has 0 aliphatic carbocycles. The van der Waals surface area contributed by atoms with Crippen LogP contribution < -0.4 is 10.0 Å². The number of nitrogens with one attached hydrogen (secondary N) is 2. The second kappa shape index (κ2) is 4.78. The smallest absolute Gasteiger partial charge is 0.212 e. The number of hydrogen-bond acceptors (Lipinski definition) is 4. The van der Waals surface area contributed by atoms with Crippen molar-refractivity contribution in [1.29, 1.82) is 0 Å². The summed E-state index contributed by atoms with van der Waals surface area (Å²) in [6.07, 6.45) is 1.83. The van der Waals surface area contributed by atoms with E-state index in [-0.39, 0.29) is 17.7 Å². The molecule has 2 saturated heterocycles. The van der Waals surface area contributed by atoms with Gasteiger partial charge in [-0.25, -0.2) is 13.1 Å². The zero-order chi connectivity index (χ0) is 10.7. The summed E-state index contributed by atoms with van der Waals surface area (Å²) in [7, 11) is -3.11. The Balaban J connectivity index is 1.80. The first-order valence-corrected chi connectivity index (χ1v) is 7.09. The molecule has 2 heterocycles. The van der Waals surface area contributed by atoms with Gasteiger partial charge in [-0.1, -0.05) is 0 Å². The van der Waals surface area contributed by atoms with Gasteiger partial charge >= 0.3 is 0 Å². The highest BCUT2D eigenvalue weighted by Crippen LogP contribution is 2.10. The fourth-order valence-corrected chi connectivity index (χ4v) is 3.56. The molecule has 1 atom stereocenters. The SMILES string of the molecule is O=S(=O)(CC1CNC1)NC1CCCOC1. The van der Waals surface area contributed by atoms with Crippen molar-refractivity contribution in [2.75, 3.05) is 32.1 Å². The number of sulfonamides is 1. The van der Waals surface area contributed by atoms with E-state index >= 15 is 0 Å². The Morgan fingerprint density at radius 1 is 1.40 bits per heavy atom. The fraction of sp³-hybridized carbons (Fsp3) is 1.00. The van der Waals surface area contributed by atoms with Gasteiger partial charge in [0.25, 0.3) is 0 Å². The lowest BCUT2D eigenvalue weighted by atomic mass is 10.1. The standard InChI is InChI=1S/C9H18N2O3S/c12-15(13,7-8-4-10-5-8)11-9-2-1-3-14-6-9/h8-11H,1-7H2. The Morgan fingerprint density at radius 3 is 2.73 bits per heavy atom. The molecule has 0 spiro atoms. The van der Waals surface area contributed by atoms with Crippen LogP contribution in [0.2, 0.25) is 0 Å². The van der Waals surface area contributed by atoms with Gasteiger partial charge in [-0.3, -0.25) is 0 Å². The van der Waals surface area contributed by atoms with Crippen molar-refractivity contribution in [3.8, 4) is 0 Å². The molecule has 1 unspecified atom stereocenters. The van der Waals surface area contributed by atoms with Crippen molar-refractivity contribution >= 4 is 10.0 Å². The first-order valence-electron chi connectivity index (χ1n) is 5.44. The van der Waals surface area contributed by atoms with Gasteiger partial charge < -0.3 is 10.1 Å². The predicted molar refractivity (Wildman–Crippen MR) is 57.1 cm³/mol. The molecule has 2 fully saturated rings. The molecular formula is C9H18N2O3S. The number of hydrogen-bond donors (Lipinski definition) is 2. The first kappa shape index (κ1) is 11.3. The highest BCUT2D eigenvalue weighted by atomic mass is 32.2. The van der Waals surface area contributed by atoms with Crippen molar-refractivity contribution in [2.45, 2.75) is 18.9 Å². The van der Waals surface area contributed by atoms with Gasteiger partial charge in [-0.2, -0.15) is 0 Å². The minimum absolute atomic E-state index is 0.0169. The fourth-order valence-electron chi connectivity index (χ4n) is 1.91. The quantitative estimate of drug-likeness (QED) is 0.675. The maximum absolute atomic E-state index is 11.7. The minimum Gasteiger partial charge on any atom is -0.380 e. The molecule has 2 N–H and O–H groups in total. The Hall–Kier alpha value is -0.170. The van der Waals surface area contributed by atoms with Gasteiger partial charge in [-0.15, -0.1) is 0 Å². The van der Waals surface area contributed by atoms with Crippen LogP contribution in [0.5, 0.6) is 0 Å². The Labute approximate surface area is 90.6 Å². The maximum Gasteiger partial charge on any atom is 0.212 e. The van der Waals surface area contributed by atoms with Crippen molar-refractivity contribution in [3.05, 3.63) is 0 Å². The van der Waals surface area contributed by atoms with E-state index in [4.69, 9.17) is 4.74 Å². The van der Waals surface area contributed by atoms with Gasteiger partial charge in [0.2, 0.25) is 10.0 Å². The Bertz CT molecular complexity index is 294. The molecule has 0 saturated carbocycles. The molecule has 0 amide bonds. The molecule has 0 aromatic rings. The summed E-state index contributed by atoms with van der Waals surface area (Å²) >= 11 is 0. The summed E-state index contributed by atoms with van der Waals surface area (Å²) in [5, 5.41) is 3.07. The van der Waals surface area contributed by atoms with Crippen LogP contribution in [0.25, 0.3) is 0 Å². The highest BCUT2D eigenvalue weighted by molar-refractivity contribution is 7.89. The van der Waals surface area contributed by atoms with Gasteiger partial charge in [0.1, 0.15) is 0 Å². The molecule has 2 aliphatic heterocycles. The average molecular weight is 234 g/mol. The van der Waals surface area contributed by atoms with E-state index in [9.17, 15) is 8.42 Å². The van der Waals surface area contributed by atoms with Gasteiger partial charge in [0, 0.05) is 25.7 Å². The van der Waals surface area contributed by atoms with E-state index in [1.807, 2.05) is 0 Å². The van der Waals surface area contributed by atoms with E-state index in [2.05, 4.69) is 10.0 Å². The maximum atomic E-state index is 11.7. The molecule has 0 radical (unpaired) electrons. The van der Waals surface area contributed by atoms with Crippen LogP contribution in [0.3, 0.4) is 0 Å². The van der Waals surface area contributed by atoms with Crippen LogP contribution in [-0.2, 0) is 14.8 Å². The van der Waals surface area contributed by atoms with Crippen molar-refractivity contribution in [1.82, 2.24) is 10.0 Å². The molecule has 6 heteroatoms. The Kier molecular flexibility index (Phi) is 3.60. The third kappa shape index (κ3) is 3.41. The van der Waals surface area contributed by atoms with Crippen LogP contribution in [0, 0.1) is 5.92 Å². The zero-order valence-corrected chi connectivity index (χ0v) is 9.55. The van der Waals surface area contributed by atoms with Crippen molar-refractivity contribution < 1.29 is 13.2 Å². The summed E-state index contributed by atoms with van der Waals surface area (Å²) < 4.78 is 31.4. The predicted octanol–water partition coefficient (Wildman–Crippen LogP) is -0.696. The van der Waals surface area contributed by atoms with Crippen molar-refractivity contribution in [2.24, 2.45) is 5.92 Å². The van der Waals surface area contributed by atoms with Gasteiger partial charge in [0.05, 0.1) is 12.4 Å². The van der Waals surface area contributed by atoms with Gasteiger partial charge in [0.15, 0.2) is 0 Å². The highest BCUT2D eigenvalue weighted by Gasteiger charge is 2.26. The van der Waals surface area contributed by atoms with E-state index in [1.54, 1.807) is 0 Å². The first-order chi connectivity index (χ1) is 7.16. The summed E-state index contributed by atoms with van der Waals surface area (Å²) in [6, 6.07) is -0.0169. The van der Waals surface area contributed by atoms with Crippen LogP contribution in [-0.4, -0.2) is 46.5 Å². The van der Waals surface area contributed by atoms with E-state index in [0.29, 0.717) is 6.61 Å². The average Bonchev–Trinajstić information content (AvgIpc) is 2.13. The molecular weight excluding hydrogens is 216 g/mol. The van der Waals surface area contributed by atoms with Crippen LogP contribution in [0.4, 0.5) is 0 Å². The van der Waals surface area contributed by atoms with Gasteiger partial charge in [-0.05, 0) is 18.8 Å².